The Labute approximate surface area is 339 Å². The standard InChI is InChI=1S/C21H21F6N3O2.C18H17F6N3O2/c1-20(2)30(19(31)18(23)24)15(9-22)16(32-20)12-5-3-11(4-6-12)13-7-8-14(29-10-13)17(28)21(25,26)27;19-7-13(27-17(29)16(20)21)14(28)10-3-1-9(2-4-10)11-5-6-12(26-8-11)15(25)18(22,23)24/h3-8,10,15-18H,9,28H2,1-2H3;1-6,8,13-16,28H,7,25H2,(H,27,29)/t15-,16-,17?;13-,14-,15?/m11/s1. The lowest BCUT2D eigenvalue weighted by atomic mass is 9.99. The maximum atomic E-state index is 13.8. The molecule has 1 aliphatic rings. The van der Waals surface area contributed by atoms with E-state index in [1.807, 2.05) is 0 Å². The van der Waals surface area contributed by atoms with Crippen LogP contribution in [-0.2, 0) is 14.3 Å². The van der Waals surface area contributed by atoms with Crippen LogP contribution in [0.2, 0.25) is 0 Å². The summed E-state index contributed by atoms with van der Waals surface area (Å²) in [6.07, 6.45) is -16.0. The maximum Gasteiger partial charge on any atom is 0.409 e. The fourth-order valence-corrected chi connectivity index (χ4v) is 6.23. The van der Waals surface area contributed by atoms with Crippen LogP contribution < -0.4 is 16.8 Å². The first kappa shape index (κ1) is 48.3. The Morgan fingerprint density at radius 1 is 0.754 bits per heavy atom. The Kier molecular flexibility index (Phi) is 15.5. The lowest BCUT2D eigenvalue weighted by Gasteiger charge is -2.32. The molecule has 0 bridgehead atoms. The molecule has 10 nitrogen and oxygen atoms in total. The second-order valence-corrected chi connectivity index (χ2v) is 14.0. The van der Waals surface area contributed by atoms with E-state index in [0.717, 1.165) is 11.0 Å². The molecule has 61 heavy (non-hydrogen) atoms. The van der Waals surface area contributed by atoms with Gasteiger partial charge in [-0.25, -0.2) is 8.78 Å². The summed E-state index contributed by atoms with van der Waals surface area (Å²) in [6, 6.07) is 9.98. The predicted molar refractivity (Wildman–Crippen MR) is 195 cm³/mol. The van der Waals surface area contributed by atoms with Gasteiger partial charge in [-0.1, -0.05) is 60.7 Å². The van der Waals surface area contributed by atoms with Crippen molar-refractivity contribution in [1.82, 2.24) is 20.2 Å². The lowest BCUT2D eigenvalue weighted by molar-refractivity contribution is -0.159. The highest BCUT2D eigenvalue weighted by Gasteiger charge is 2.52. The molecule has 6 N–H and O–H groups in total. The second kappa shape index (κ2) is 19.6. The largest absolute Gasteiger partial charge is 0.409 e. The summed E-state index contributed by atoms with van der Waals surface area (Å²) in [4.78, 5) is 31.1. The molecule has 332 valence electrons. The van der Waals surface area contributed by atoms with E-state index in [1.165, 1.54) is 68.7 Å². The third-order valence-corrected chi connectivity index (χ3v) is 9.41. The first-order valence-corrected chi connectivity index (χ1v) is 17.9. The number of hydrogen-bond donors (Lipinski definition) is 4. The number of aromatic nitrogens is 2. The first-order valence-electron chi connectivity index (χ1n) is 17.9. The van der Waals surface area contributed by atoms with Crippen molar-refractivity contribution >= 4 is 11.8 Å². The van der Waals surface area contributed by atoms with Gasteiger partial charge in [-0.2, -0.15) is 43.9 Å². The van der Waals surface area contributed by atoms with Crippen molar-refractivity contribution in [3.05, 3.63) is 108 Å². The predicted octanol–water partition coefficient (Wildman–Crippen LogP) is 7.61. The molecule has 6 atom stereocenters. The van der Waals surface area contributed by atoms with Gasteiger partial charge in [-0.15, -0.1) is 0 Å². The van der Waals surface area contributed by atoms with Crippen molar-refractivity contribution in [3.63, 3.8) is 0 Å². The van der Waals surface area contributed by atoms with Crippen LogP contribution in [-0.4, -0.2) is 88.2 Å². The molecule has 2 aromatic carbocycles. The lowest BCUT2D eigenvalue weighted by Crippen LogP contribution is -2.51. The van der Waals surface area contributed by atoms with E-state index < -0.39 is 92.5 Å². The van der Waals surface area contributed by atoms with Crippen LogP contribution in [0.25, 0.3) is 22.3 Å². The molecule has 3 heterocycles. The normalized spacial score (nSPS) is 18.6. The Balaban J connectivity index is 0.000000270. The minimum atomic E-state index is -4.63. The van der Waals surface area contributed by atoms with Crippen molar-refractivity contribution in [1.29, 1.82) is 0 Å². The Hall–Kier alpha value is -5.32. The molecule has 2 unspecified atom stereocenters. The zero-order valence-corrected chi connectivity index (χ0v) is 31.8. The van der Waals surface area contributed by atoms with Gasteiger partial charge in [0, 0.05) is 23.5 Å². The third kappa shape index (κ3) is 11.7. The number of carbonyl (C=O) groups is 2. The number of benzene rings is 2. The van der Waals surface area contributed by atoms with E-state index in [2.05, 4.69) is 9.97 Å². The molecule has 5 rings (SSSR count). The topological polar surface area (TPSA) is 157 Å². The average Bonchev–Trinajstić information content (AvgIpc) is 3.50. The number of nitrogens with zero attached hydrogens (tertiary/aromatic N) is 3. The average molecular weight is 883 g/mol. The van der Waals surface area contributed by atoms with E-state index in [-0.39, 0.29) is 17.0 Å². The summed E-state index contributed by atoms with van der Waals surface area (Å²) in [7, 11) is 0. The minimum Gasteiger partial charge on any atom is -0.386 e. The van der Waals surface area contributed by atoms with Crippen molar-refractivity contribution < 1.29 is 72.1 Å². The van der Waals surface area contributed by atoms with E-state index in [0.29, 0.717) is 27.8 Å². The Morgan fingerprint density at radius 3 is 1.56 bits per heavy atom. The van der Waals surface area contributed by atoms with E-state index >= 15 is 0 Å². The van der Waals surface area contributed by atoms with Gasteiger partial charge in [-0.05, 0) is 48.2 Å². The number of pyridine rings is 2. The quantitative estimate of drug-likeness (QED) is 0.106. The molecule has 0 spiro atoms. The van der Waals surface area contributed by atoms with Crippen LogP contribution in [0.3, 0.4) is 0 Å². The summed E-state index contributed by atoms with van der Waals surface area (Å²) < 4.78 is 159. The molecule has 22 heteroatoms. The summed E-state index contributed by atoms with van der Waals surface area (Å²) >= 11 is 0. The number of aliphatic hydroxyl groups is 1. The SMILES string of the molecule is CC1(C)O[C@H](c2ccc(-c3ccc(C(N)C(F)(F)F)nc3)cc2)[C@@H](CF)N1C(=O)C(F)F.NC(c1ccc(-c2ccc([C@@H](O)[C@@H](CF)NC(=O)C(F)F)cc2)cn1)C(F)(F)F. The summed E-state index contributed by atoms with van der Waals surface area (Å²) in [6.45, 7) is 0.456. The molecule has 0 saturated carbocycles. The third-order valence-electron chi connectivity index (χ3n) is 9.41. The van der Waals surface area contributed by atoms with Gasteiger partial charge in [0.1, 0.15) is 43.4 Å². The number of rotatable bonds is 12. The maximum absolute atomic E-state index is 13.8. The van der Waals surface area contributed by atoms with Crippen molar-refractivity contribution in [3.8, 4) is 22.3 Å². The van der Waals surface area contributed by atoms with Crippen LogP contribution in [0.4, 0.5) is 52.7 Å². The van der Waals surface area contributed by atoms with Crippen LogP contribution in [0.15, 0.2) is 85.2 Å². The number of amides is 2. The number of halogens is 12. The molecule has 2 aromatic heterocycles. The number of alkyl halides is 12. The van der Waals surface area contributed by atoms with Gasteiger partial charge in [0.15, 0.2) is 0 Å². The fourth-order valence-electron chi connectivity index (χ4n) is 6.23. The van der Waals surface area contributed by atoms with E-state index in [1.54, 1.807) is 29.6 Å². The number of ether oxygens (including phenoxy) is 1. The van der Waals surface area contributed by atoms with Crippen molar-refractivity contribution in [2.75, 3.05) is 13.3 Å². The number of carbonyl (C=O) groups excluding carboxylic acids is 2. The molecule has 0 radical (unpaired) electrons. The van der Waals surface area contributed by atoms with Crippen LogP contribution in [0.5, 0.6) is 0 Å². The van der Waals surface area contributed by atoms with Gasteiger partial charge in [0.05, 0.1) is 23.5 Å². The highest BCUT2D eigenvalue weighted by Crippen LogP contribution is 2.42. The van der Waals surface area contributed by atoms with Crippen molar-refractivity contribution in [2.24, 2.45) is 11.5 Å². The zero-order valence-electron chi connectivity index (χ0n) is 31.8. The first-order chi connectivity index (χ1) is 28.4. The number of nitrogens with one attached hydrogen (secondary N) is 1. The highest BCUT2D eigenvalue weighted by atomic mass is 19.4. The van der Waals surface area contributed by atoms with Gasteiger partial charge in [0.25, 0.3) is 11.8 Å². The van der Waals surface area contributed by atoms with Gasteiger partial charge in [-0.3, -0.25) is 19.6 Å². The monoisotopic (exact) mass is 882 g/mol. The fraction of sp³-hybridized carbons (Fsp3) is 0.385. The molecular weight excluding hydrogens is 844 g/mol. The van der Waals surface area contributed by atoms with E-state index in [4.69, 9.17) is 16.2 Å². The number of hydrogen-bond acceptors (Lipinski definition) is 8. The van der Waals surface area contributed by atoms with Crippen molar-refractivity contribution in [2.45, 2.75) is 81.2 Å². The summed E-state index contributed by atoms with van der Waals surface area (Å²) in [5.41, 5.74) is 10.8. The highest BCUT2D eigenvalue weighted by molar-refractivity contribution is 5.81. The zero-order chi connectivity index (χ0) is 45.6. The van der Waals surface area contributed by atoms with Gasteiger partial charge in [0.2, 0.25) is 0 Å². The molecule has 1 fully saturated rings. The molecule has 0 aliphatic carbocycles. The molecule has 2 amide bonds. The van der Waals surface area contributed by atoms with Gasteiger partial charge < -0.3 is 31.5 Å². The smallest absolute Gasteiger partial charge is 0.386 e. The molecule has 4 aromatic rings. The van der Waals surface area contributed by atoms with Crippen LogP contribution >= 0.6 is 0 Å². The number of nitrogens with two attached hydrogens (primary N) is 2. The molecule has 1 saturated heterocycles. The minimum absolute atomic E-state index is 0.148. The molecular formula is C39H38F12N6O4. The van der Waals surface area contributed by atoms with Crippen LogP contribution in [0, 0.1) is 0 Å². The Bertz CT molecular complexity index is 2050. The van der Waals surface area contributed by atoms with E-state index in [9.17, 15) is 67.4 Å². The van der Waals surface area contributed by atoms with Gasteiger partial charge >= 0.3 is 25.2 Å². The second-order valence-electron chi connectivity index (χ2n) is 14.0. The van der Waals surface area contributed by atoms with Crippen LogP contribution in [0.1, 0.15) is 60.7 Å². The number of aliphatic hydroxyl groups excluding tert-OH is 1. The summed E-state index contributed by atoms with van der Waals surface area (Å²) in [5.74, 6) is -3.22. The Morgan fingerprint density at radius 2 is 1.20 bits per heavy atom. The summed E-state index contributed by atoms with van der Waals surface area (Å²) in [5, 5.41) is 11.8. The molecule has 1 aliphatic heterocycles.